The molecule has 0 amide bonds. The SMILES string of the molecule is CC(CN)CN(C)Cc1cn(C)nn1. The average molecular weight is 197 g/mol. The van der Waals surface area contributed by atoms with E-state index in [2.05, 4.69) is 29.2 Å². The lowest BCUT2D eigenvalue weighted by atomic mass is 10.2. The van der Waals surface area contributed by atoms with Crippen LogP contribution in [0, 0.1) is 5.92 Å². The first-order valence-corrected chi connectivity index (χ1v) is 4.85. The van der Waals surface area contributed by atoms with Crippen LogP contribution >= 0.6 is 0 Å². The standard InChI is InChI=1S/C9H19N5/c1-8(4-10)5-13(2)6-9-7-14(3)12-11-9/h7-8H,4-6,10H2,1-3H3. The van der Waals surface area contributed by atoms with Crippen molar-refractivity contribution in [2.45, 2.75) is 13.5 Å². The summed E-state index contributed by atoms with van der Waals surface area (Å²) in [5.74, 6) is 0.525. The van der Waals surface area contributed by atoms with Crippen molar-refractivity contribution >= 4 is 0 Å². The fraction of sp³-hybridized carbons (Fsp3) is 0.778. The van der Waals surface area contributed by atoms with E-state index in [1.54, 1.807) is 4.68 Å². The Morgan fingerprint density at radius 2 is 2.36 bits per heavy atom. The maximum atomic E-state index is 5.56. The minimum atomic E-state index is 0.525. The molecular formula is C9H19N5. The summed E-state index contributed by atoms with van der Waals surface area (Å²) >= 11 is 0. The van der Waals surface area contributed by atoms with Crippen molar-refractivity contribution in [3.63, 3.8) is 0 Å². The van der Waals surface area contributed by atoms with Gasteiger partial charge in [0.05, 0.1) is 5.69 Å². The van der Waals surface area contributed by atoms with Gasteiger partial charge in [-0.1, -0.05) is 12.1 Å². The molecule has 0 saturated carbocycles. The summed E-state index contributed by atoms with van der Waals surface area (Å²) in [6, 6.07) is 0. The van der Waals surface area contributed by atoms with Crippen LogP contribution in [0.1, 0.15) is 12.6 Å². The zero-order valence-electron chi connectivity index (χ0n) is 9.14. The predicted molar refractivity (Wildman–Crippen MR) is 55.6 cm³/mol. The minimum Gasteiger partial charge on any atom is -0.330 e. The van der Waals surface area contributed by atoms with Gasteiger partial charge in [0.2, 0.25) is 0 Å². The first-order valence-electron chi connectivity index (χ1n) is 4.85. The largest absolute Gasteiger partial charge is 0.330 e. The zero-order chi connectivity index (χ0) is 10.6. The molecule has 2 N–H and O–H groups in total. The van der Waals surface area contributed by atoms with E-state index in [1.807, 2.05) is 13.2 Å². The highest BCUT2D eigenvalue weighted by molar-refractivity contribution is 4.91. The van der Waals surface area contributed by atoms with Gasteiger partial charge in [0.25, 0.3) is 0 Å². The van der Waals surface area contributed by atoms with E-state index in [0.717, 1.165) is 25.3 Å². The molecule has 1 atom stereocenters. The lowest BCUT2D eigenvalue weighted by Crippen LogP contribution is -2.28. The second-order valence-corrected chi connectivity index (χ2v) is 3.92. The molecule has 0 fully saturated rings. The van der Waals surface area contributed by atoms with Crippen LogP contribution in [-0.4, -0.2) is 40.0 Å². The van der Waals surface area contributed by atoms with E-state index in [4.69, 9.17) is 5.73 Å². The third-order valence-electron chi connectivity index (χ3n) is 2.11. The van der Waals surface area contributed by atoms with Gasteiger partial charge in [-0.15, -0.1) is 5.10 Å². The number of nitrogens with zero attached hydrogens (tertiary/aromatic N) is 4. The third kappa shape index (κ3) is 3.43. The quantitative estimate of drug-likeness (QED) is 0.712. The molecule has 1 aromatic heterocycles. The Morgan fingerprint density at radius 1 is 1.64 bits per heavy atom. The van der Waals surface area contributed by atoms with E-state index in [0.29, 0.717) is 5.92 Å². The van der Waals surface area contributed by atoms with E-state index >= 15 is 0 Å². The molecule has 1 unspecified atom stereocenters. The van der Waals surface area contributed by atoms with Crippen LogP contribution < -0.4 is 5.73 Å². The van der Waals surface area contributed by atoms with E-state index in [9.17, 15) is 0 Å². The average Bonchev–Trinajstić information content (AvgIpc) is 2.50. The van der Waals surface area contributed by atoms with Gasteiger partial charge in [0, 0.05) is 26.3 Å². The van der Waals surface area contributed by atoms with Gasteiger partial charge in [0.15, 0.2) is 0 Å². The highest BCUT2D eigenvalue weighted by Gasteiger charge is 2.07. The van der Waals surface area contributed by atoms with Gasteiger partial charge in [-0.2, -0.15) is 0 Å². The van der Waals surface area contributed by atoms with Gasteiger partial charge in [-0.05, 0) is 19.5 Å². The van der Waals surface area contributed by atoms with Crippen LogP contribution in [0.2, 0.25) is 0 Å². The van der Waals surface area contributed by atoms with Crippen molar-refractivity contribution < 1.29 is 0 Å². The molecule has 1 heterocycles. The molecule has 0 bridgehead atoms. The number of hydrogen-bond acceptors (Lipinski definition) is 4. The van der Waals surface area contributed by atoms with Crippen LogP contribution in [0.5, 0.6) is 0 Å². The molecule has 1 rings (SSSR count). The molecule has 14 heavy (non-hydrogen) atoms. The third-order valence-corrected chi connectivity index (χ3v) is 2.11. The zero-order valence-corrected chi connectivity index (χ0v) is 9.14. The van der Waals surface area contributed by atoms with Crippen LogP contribution in [0.15, 0.2) is 6.20 Å². The summed E-state index contributed by atoms with van der Waals surface area (Å²) in [5, 5.41) is 7.91. The number of aryl methyl sites for hydroxylation is 1. The van der Waals surface area contributed by atoms with Crippen molar-refractivity contribution in [2.24, 2.45) is 18.7 Å². The summed E-state index contributed by atoms with van der Waals surface area (Å²) in [5.41, 5.74) is 6.56. The number of rotatable bonds is 5. The van der Waals surface area contributed by atoms with Crippen molar-refractivity contribution in [1.82, 2.24) is 19.9 Å². The Kier molecular flexibility index (Phi) is 4.03. The molecule has 5 heteroatoms. The smallest absolute Gasteiger partial charge is 0.0966 e. The van der Waals surface area contributed by atoms with Crippen molar-refractivity contribution in [3.05, 3.63) is 11.9 Å². The highest BCUT2D eigenvalue weighted by atomic mass is 15.4. The van der Waals surface area contributed by atoms with Gasteiger partial charge in [-0.25, -0.2) is 0 Å². The maximum absolute atomic E-state index is 5.56. The van der Waals surface area contributed by atoms with E-state index in [1.165, 1.54) is 0 Å². The molecule has 80 valence electrons. The van der Waals surface area contributed by atoms with Crippen molar-refractivity contribution in [3.8, 4) is 0 Å². The minimum absolute atomic E-state index is 0.525. The van der Waals surface area contributed by atoms with Crippen LogP contribution in [0.25, 0.3) is 0 Å². The lowest BCUT2D eigenvalue weighted by Gasteiger charge is -2.18. The fourth-order valence-corrected chi connectivity index (χ4v) is 1.42. The molecule has 0 aliphatic carbocycles. The Bertz CT molecular complexity index is 270. The first-order chi connectivity index (χ1) is 6.61. The summed E-state index contributed by atoms with van der Waals surface area (Å²) in [6.45, 7) is 4.70. The molecule has 0 aliphatic rings. The second kappa shape index (κ2) is 5.07. The molecule has 0 aromatic carbocycles. The summed E-state index contributed by atoms with van der Waals surface area (Å²) in [6.07, 6.45) is 1.93. The molecular weight excluding hydrogens is 178 g/mol. The molecule has 0 aliphatic heterocycles. The second-order valence-electron chi connectivity index (χ2n) is 3.92. The normalized spacial score (nSPS) is 13.5. The Hall–Kier alpha value is -0.940. The monoisotopic (exact) mass is 197 g/mol. The lowest BCUT2D eigenvalue weighted by molar-refractivity contribution is 0.279. The number of aromatic nitrogens is 3. The summed E-state index contributed by atoms with van der Waals surface area (Å²) in [4.78, 5) is 2.21. The fourth-order valence-electron chi connectivity index (χ4n) is 1.42. The van der Waals surface area contributed by atoms with Crippen molar-refractivity contribution in [1.29, 1.82) is 0 Å². The van der Waals surface area contributed by atoms with Crippen LogP contribution in [-0.2, 0) is 13.6 Å². The molecule has 1 aromatic rings. The summed E-state index contributed by atoms with van der Waals surface area (Å²) < 4.78 is 1.72. The van der Waals surface area contributed by atoms with Crippen LogP contribution in [0.4, 0.5) is 0 Å². The van der Waals surface area contributed by atoms with Gasteiger partial charge < -0.3 is 10.6 Å². The predicted octanol–water partition coefficient (Wildman–Crippen LogP) is -0.158. The van der Waals surface area contributed by atoms with Crippen molar-refractivity contribution in [2.75, 3.05) is 20.1 Å². The Balaban J connectivity index is 2.37. The van der Waals surface area contributed by atoms with Gasteiger partial charge in [0.1, 0.15) is 0 Å². The summed E-state index contributed by atoms with van der Waals surface area (Å²) in [7, 11) is 3.94. The van der Waals surface area contributed by atoms with E-state index in [-0.39, 0.29) is 0 Å². The molecule has 0 radical (unpaired) electrons. The Morgan fingerprint density at radius 3 is 2.86 bits per heavy atom. The topological polar surface area (TPSA) is 60.0 Å². The maximum Gasteiger partial charge on any atom is 0.0966 e. The Labute approximate surface area is 84.9 Å². The van der Waals surface area contributed by atoms with Crippen LogP contribution in [0.3, 0.4) is 0 Å². The molecule has 0 spiro atoms. The van der Waals surface area contributed by atoms with E-state index < -0.39 is 0 Å². The molecule has 0 saturated heterocycles. The van der Waals surface area contributed by atoms with Gasteiger partial charge >= 0.3 is 0 Å². The number of nitrogens with two attached hydrogens (primary N) is 1. The highest BCUT2D eigenvalue weighted by Crippen LogP contribution is 2.01. The molecule has 5 nitrogen and oxygen atoms in total. The first kappa shape index (κ1) is 11.1. The van der Waals surface area contributed by atoms with Gasteiger partial charge in [-0.3, -0.25) is 4.68 Å². The number of hydrogen-bond donors (Lipinski definition) is 1.